The molecule has 7 heteroatoms. The fourth-order valence-electron chi connectivity index (χ4n) is 6.05. The molecule has 0 amide bonds. The highest BCUT2D eigenvalue weighted by Crippen LogP contribution is 2.39. The lowest BCUT2D eigenvalue weighted by Gasteiger charge is -2.49. The van der Waals surface area contributed by atoms with Crippen molar-refractivity contribution in [1.29, 1.82) is 0 Å². The van der Waals surface area contributed by atoms with E-state index in [0.29, 0.717) is 0 Å². The van der Waals surface area contributed by atoms with Crippen molar-refractivity contribution in [2.45, 2.75) is 112 Å². The van der Waals surface area contributed by atoms with E-state index < -0.39 is 46.8 Å². The molecule has 1 unspecified atom stereocenters. The van der Waals surface area contributed by atoms with Gasteiger partial charge in [0, 0.05) is 0 Å². The zero-order chi connectivity index (χ0) is 31.7. The van der Waals surface area contributed by atoms with Crippen LogP contribution in [0.1, 0.15) is 20.8 Å². The topological polar surface area (TPSA) is 9.23 Å². The zero-order valence-electron chi connectivity index (χ0n) is 29.3. The maximum Gasteiger partial charge on any atom is 0.184 e. The largest absolute Gasteiger partial charge is 0.411 e. The minimum absolute atomic E-state index is 0.00429. The normalized spacial score (nSPS) is 15.3. The maximum absolute atomic E-state index is 7.28. The van der Waals surface area contributed by atoms with E-state index in [1.807, 2.05) is 0 Å². The molecule has 0 bridgehead atoms. The van der Waals surface area contributed by atoms with Gasteiger partial charge in [-0.2, -0.15) is 0 Å². The lowest BCUT2D eigenvalue weighted by Crippen LogP contribution is -2.71. The predicted octanol–water partition coefficient (Wildman–Crippen LogP) is 8.85. The SMILES string of the molecule is CC(C)(C)C(O[Si](C)(C)C)/C(=C\[Si](C#C[Si](C)(C)c1ccccc1)([Si](C)(C)C)[Si](C)(C)C)[Si](C)(C)c1ccccc1. The van der Waals surface area contributed by atoms with Crippen LogP contribution in [-0.2, 0) is 4.43 Å². The van der Waals surface area contributed by atoms with Crippen LogP contribution in [-0.4, -0.2) is 52.9 Å². The molecule has 0 saturated heterocycles. The number of benzene rings is 2. The van der Waals surface area contributed by atoms with Gasteiger partial charge in [-0.1, -0.05) is 163 Å². The summed E-state index contributed by atoms with van der Waals surface area (Å²) >= 11 is 0. The number of hydrogen-bond donors (Lipinski definition) is 0. The molecule has 2 aromatic carbocycles. The Hall–Kier alpha value is -0.999. The highest BCUT2D eigenvalue weighted by Gasteiger charge is 2.55. The third-order valence-corrected chi connectivity index (χ3v) is 51.5. The van der Waals surface area contributed by atoms with E-state index in [2.05, 4.69) is 183 Å². The molecule has 0 aliphatic rings. The van der Waals surface area contributed by atoms with Crippen LogP contribution >= 0.6 is 0 Å². The smallest absolute Gasteiger partial charge is 0.184 e. The van der Waals surface area contributed by atoms with Crippen LogP contribution in [0.3, 0.4) is 0 Å². The van der Waals surface area contributed by atoms with E-state index >= 15 is 0 Å². The molecule has 0 N–H and O–H groups in total. The Labute approximate surface area is 260 Å². The predicted molar refractivity (Wildman–Crippen MR) is 203 cm³/mol. The molecule has 0 aromatic heterocycles. The van der Waals surface area contributed by atoms with Gasteiger partial charge in [-0.25, -0.2) is 0 Å². The van der Waals surface area contributed by atoms with Gasteiger partial charge in [0.05, 0.1) is 21.3 Å². The van der Waals surface area contributed by atoms with Crippen LogP contribution in [0.4, 0.5) is 0 Å². The molecule has 0 saturated carbocycles. The molecule has 0 aliphatic heterocycles. The Morgan fingerprint density at radius 2 is 1.05 bits per heavy atom. The van der Waals surface area contributed by atoms with E-state index in [1.54, 1.807) is 5.20 Å². The summed E-state index contributed by atoms with van der Waals surface area (Å²) in [4.78, 5) is 0. The minimum atomic E-state index is -2.20. The Kier molecular flexibility index (Phi) is 11.1. The fourth-order valence-corrected chi connectivity index (χ4v) is 54.5. The van der Waals surface area contributed by atoms with Crippen molar-refractivity contribution in [2.75, 3.05) is 0 Å². The van der Waals surface area contributed by atoms with Crippen molar-refractivity contribution in [3.63, 3.8) is 0 Å². The second-order valence-electron chi connectivity index (χ2n) is 17.1. The van der Waals surface area contributed by atoms with E-state index in [1.165, 1.54) is 10.4 Å². The van der Waals surface area contributed by atoms with E-state index in [0.717, 1.165) is 0 Å². The second-order valence-corrected chi connectivity index (χ2v) is 56.4. The Morgan fingerprint density at radius 1 is 0.634 bits per heavy atom. The standard InChI is InChI=1S/C34H60OSi6/c1-34(2,3)33(35-36(4,5)6)32(40(15,16)31-25-21-18-22-26-31)29-41(37(7,8)9,38(10,11)12)28-27-39(13,14)30-23-19-17-20-24-30/h17-26,29,33H,1-16H3/b32-29+. The van der Waals surface area contributed by atoms with Crippen molar-refractivity contribution in [2.24, 2.45) is 5.41 Å². The van der Waals surface area contributed by atoms with Gasteiger partial charge in [0.1, 0.15) is 15.2 Å². The first-order valence-corrected chi connectivity index (χ1v) is 35.9. The Bertz CT molecular complexity index is 1230. The summed E-state index contributed by atoms with van der Waals surface area (Å²) in [5.41, 5.74) is 11.4. The first-order valence-electron chi connectivity index (χ1n) is 15.4. The van der Waals surface area contributed by atoms with Crippen LogP contribution in [0, 0.1) is 16.5 Å². The molecule has 0 radical (unpaired) electrons. The zero-order valence-corrected chi connectivity index (χ0v) is 35.3. The Morgan fingerprint density at radius 3 is 1.41 bits per heavy atom. The van der Waals surface area contributed by atoms with Crippen LogP contribution in [0.5, 0.6) is 0 Å². The Balaban J connectivity index is 3.10. The van der Waals surface area contributed by atoms with Gasteiger partial charge in [-0.05, 0) is 30.2 Å². The summed E-state index contributed by atoms with van der Waals surface area (Å²) in [5, 5.41) is 4.56. The molecule has 2 rings (SSSR count). The third-order valence-electron chi connectivity index (χ3n) is 8.56. The highest BCUT2D eigenvalue weighted by molar-refractivity contribution is 7.73. The summed E-state index contributed by atoms with van der Waals surface area (Å²) in [6.07, 6.45) is 0.0943. The first-order chi connectivity index (χ1) is 18.4. The molecule has 2 aromatic rings. The average molecular weight is 653 g/mol. The molecule has 226 valence electrons. The monoisotopic (exact) mass is 652 g/mol. The number of hydrogen-bond acceptors (Lipinski definition) is 1. The molecule has 0 fully saturated rings. The van der Waals surface area contributed by atoms with Crippen molar-refractivity contribution < 1.29 is 4.43 Å². The molecule has 0 aliphatic carbocycles. The highest BCUT2D eigenvalue weighted by atomic mass is 29.6. The van der Waals surface area contributed by atoms with E-state index in [4.69, 9.17) is 4.43 Å². The van der Waals surface area contributed by atoms with Gasteiger partial charge in [0.25, 0.3) is 0 Å². The molecule has 41 heavy (non-hydrogen) atoms. The van der Waals surface area contributed by atoms with Gasteiger partial charge < -0.3 is 4.43 Å². The summed E-state index contributed by atoms with van der Waals surface area (Å²) in [7, 11) is -11.5. The van der Waals surface area contributed by atoms with Crippen LogP contribution in [0.25, 0.3) is 0 Å². The molecule has 0 heterocycles. The lowest BCUT2D eigenvalue weighted by atomic mass is 9.89. The lowest BCUT2D eigenvalue weighted by molar-refractivity contribution is 0.117. The molecular formula is C34H60OSi6. The van der Waals surface area contributed by atoms with Crippen molar-refractivity contribution in [3.05, 3.63) is 71.6 Å². The van der Waals surface area contributed by atoms with Crippen molar-refractivity contribution in [1.82, 2.24) is 0 Å². The van der Waals surface area contributed by atoms with Gasteiger partial charge in [0.2, 0.25) is 0 Å². The minimum Gasteiger partial charge on any atom is -0.411 e. The fraction of sp³-hybridized carbons (Fsp3) is 0.529. The third kappa shape index (κ3) is 8.78. The molecular weight excluding hydrogens is 593 g/mol. The first kappa shape index (κ1) is 36.2. The van der Waals surface area contributed by atoms with E-state index in [9.17, 15) is 0 Å². The maximum atomic E-state index is 7.28. The van der Waals surface area contributed by atoms with E-state index in [-0.39, 0.29) is 11.5 Å². The average Bonchev–Trinajstić information content (AvgIpc) is 2.81. The molecule has 0 spiro atoms. The van der Waals surface area contributed by atoms with Crippen LogP contribution in [0.15, 0.2) is 71.6 Å². The summed E-state index contributed by atoms with van der Waals surface area (Å²) in [6, 6.07) is 22.4. The quantitative estimate of drug-likeness (QED) is 0.194. The van der Waals surface area contributed by atoms with Crippen molar-refractivity contribution in [3.8, 4) is 11.1 Å². The van der Waals surface area contributed by atoms with Gasteiger partial charge in [-0.3, -0.25) is 0 Å². The van der Waals surface area contributed by atoms with Crippen LogP contribution in [0.2, 0.25) is 85.1 Å². The van der Waals surface area contributed by atoms with Crippen molar-refractivity contribution >= 4 is 57.1 Å². The van der Waals surface area contributed by atoms with Gasteiger partial charge in [-0.15, -0.1) is 11.1 Å². The van der Waals surface area contributed by atoms with Gasteiger partial charge >= 0.3 is 0 Å². The summed E-state index contributed by atoms with van der Waals surface area (Å²) < 4.78 is 7.28. The summed E-state index contributed by atoms with van der Waals surface area (Å²) in [5.74, 6) is 0. The second kappa shape index (κ2) is 12.5. The van der Waals surface area contributed by atoms with Crippen LogP contribution < -0.4 is 10.4 Å². The molecule has 1 nitrogen and oxygen atoms in total. The summed E-state index contributed by atoms with van der Waals surface area (Å²) in [6.45, 7) is 40.0. The molecule has 1 atom stereocenters. The number of rotatable bonds is 9. The van der Waals surface area contributed by atoms with Gasteiger partial charge in [0.15, 0.2) is 16.4 Å².